The molecule has 0 fully saturated rings. The third-order valence-electron chi connectivity index (χ3n) is 3.64. The summed E-state index contributed by atoms with van der Waals surface area (Å²) in [6.45, 7) is 2.10. The van der Waals surface area contributed by atoms with Gasteiger partial charge in [0.1, 0.15) is 10.7 Å². The molecule has 0 aliphatic rings. The highest BCUT2D eigenvalue weighted by molar-refractivity contribution is 7.99. The summed E-state index contributed by atoms with van der Waals surface area (Å²) in [5.74, 6) is 0.723. The summed E-state index contributed by atoms with van der Waals surface area (Å²) < 4.78 is 2.05. The largest absolute Gasteiger partial charge is 0.278 e. The summed E-state index contributed by atoms with van der Waals surface area (Å²) in [5, 5.41) is 1.09. The first-order chi connectivity index (χ1) is 11.3. The third-order valence-corrected chi connectivity index (χ3v) is 4.73. The number of imidazole rings is 1. The van der Waals surface area contributed by atoms with Crippen LogP contribution in [0, 0.1) is 6.92 Å². The quantitative estimate of drug-likeness (QED) is 0.541. The highest BCUT2D eigenvalue weighted by Gasteiger charge is 2.15. The molecule has 0 aliphatic heterocycles. The molecule has 23 heavy (non-hydrogen) atoms. The van der Waals surface area contributed by atoms with Gasteiger partial charge in [-0.2, -0.15) is 0 Å². The van der Waals surface area contributed by atoms with Crippen LogP contribution < -0.4 is 0 Å². The van der Waals surface area contributed by atoms with E-state index in [0.717, 1.165) is 22.1 Å². The van der Waals surface area contributed by atoms with Crippen LogP contribution in [0.1, 0.15) is 5.56 Å². The average molecular weight is 317 g/mol. The number of benzene rings is 2. The van der Waals surface area contributed by atoms with Gasteiger partial charge in [-0.05, 0) is 25.1 Å². The fraction of sp³-hybridized carbons (Fsp3) is 0.0526. The first-order valence-electron chi connectivity index (χ1n) is 7.44. The topological polar surface area (TPSA) is 30.2 Å². The molecular weight excluding hydrogens is 302 g/mol. The average Bonchev–Trinajstić information content (AvgIpc) is 2.96. The van der Waals surface area contributed by atoms with Gasteiger partial charge in [0.15, 0.2) is 0 Å². The molecule has 0 N–H and O–H groups in total. The maximum absolute atomic E-state index is 4.73. The van der Waals surface area contributed by atoms with Crippen molar-refractivity contribution in [3.63, 3.8) is 0 Å². The van der Waals surface area contributed by atoms with Crippen molar-refractivity contribution in [1.29, 1.82) is 0 Å². The van der Waals surface area contributed by atoms with E-state index in [1.54, 1.807) is 18.0 Å². The number of aryl methyl sites for hydroxylation is 1. The fourth-order valence-corrected chi connectivity index (χ4v) is 3.46. The first-order valence-corrected chi connectivity index (χ1v) is 8.26. The molecule has 112 valence electrons. The third kappa shape index (κ3) is 2.73. The van der Waals surface area contributed by atoms with Crippen LogP contribution in [0.4, 0.5) is 0 Å². The van der Waals surface area contributed by atoms with E-state index in [4.69, 9.17) is 4.98 Å². The zero-order chi connectivity index (χ0) is 15.6. The fourth-order valence-electron chi connectivity index (χ4n) is 2.47. The molecule has 2 aromatic carbocycles. The van der Waals surface area contributed by atoms with E-state index in [-0.39, 0.29) is 0 Å². The molecule has 2 aromatic heterocycles. The van der Waals surface area contributed by atoms with Crippen LogP contribution in [0.25, 0.3) is 17.0 Å². The predicted molar refractivity (Wildman–Crippen MR) is 93.7 cm³/mol. The second-order valence-corrected chi connectivity index (χ2v) is 6.40. The molecule has 4 heteroatoms. The minimum Gasteiger partial charge on any atom is -0.278 e. The number of aromatic nitrogens is 3. The van der Waals surface area contributed by atoms with Gasteiger partial charge in [0.25, 0.3) is 0 Å². The van der Waals surface area contributed by atoms with Crippen LogP contribution in [0.15, 0.2) is 83.0 Å². The van der Waals surface area contributed by atoms with Crippen molar-refractivity contribution in [3.05, 3.63) is 78.6 Å². The normalized spacial score (nSPS) is 11.0. The molecule has 4 aromatic rings. The van der Waals surface area contributed by atoms with Crippen molar-refractivity contribution in [3.8, 4) is 11.3 Å². The molecular formula is C19H15N3S. The molecule has 0 atom stereocenters. The molecule has 0 saturated heterocycles. The summed E-state index contributed by atoms with van der Waals surface area (Å²) in [4.78, 5) is 10.3. The van der Waals surface area contributed by atoms with Crippen molar-refractivity contribution in [1.82, 2.24) is 14.4 Å². The van der Waals surface area contributed by atoms with Gasteiger partial charge in [0.2, 0.25) is 5.78 Å². The molecule has 2 heterocycles. The van der Waals surface area contributed by atoms with Crippen molar-refractivity contribution < 1.29 is 0 Å². The molecule has 4 rings (SSSR count). The maximum Gasteiger partial charge on any atom is 0.235 e. The molecule has 0 saturated carbocycles. The Balaban J connectivity index is 1.87. The van der Waals surface area contributed by atoms with Gasteiger partial charge < -0.3 is 0 Å². The highest BCUT2D eigenvalue weighted by Crippen LogP contribution is 2.36. The van der Waals surface area contributed by atoms with E-state index < -0.39 is 0 Å². The van der Waals surface area contributed by atoms with Gasteiger partial charge in [0.05, 0.1) is 0 Å². The molecule has 3 nitrogen and oxygen atoms in total. The van der Waals surface area contributed by atoms with E-state index in [0.29, 0.717) is 0 Å². The number of hydrogen-bond donors (Lipinski definition) is 0. The summed E-state index contributed by atoms with van der Waals surface area (Å²) in [6.07, 6.45) is 3.79. The summed E-state index contributed by atoms with van der Waals surface area (Å²) >= 11 is 1.71. The Labute approximate surface area is 139 Å². The Morgan fingerprint density at radius 2 is 1.70 bits per heavy atom. The minimum absolute atomic E-state index is 0.723. The van der Waals surface area contributed by atoms with E-state index in [9.17, 15) is 0 Å². The lowest BCUT2D eigenvalue weighted by Gasteiger charge is -2.05. The molecule has 0 spiro atoms. The van der Waals surface area contributed by atoms with Gasteiger partial charge in [-0.15, -0.1) is 0 Å². The SMILES string of the molecule is Cc1ccc(Sc2c(-c3ccccc3)nc3ncccn23)cc1. The summed E-state index contributed by atoms with van der Waals surface area (Å²) in [6, 6.07) is 20.7. The van der Waals surface area contributed by atoms with Crippen LogP contribution in [-0.4, -0.2) is 14.4 Å². The molecule has 0 aliphatic carbocycles. The Hall–Kier alpha value is -2.59. The van der Waals surface area contributed by atoms with E-state index in [1.165, 1.54) is 10.5 Å². The Morgan fingerprint density at radius 1 is 0.913 bits per heavy atom. The number of fused-ring (bicyclic) bond motifs is 1. The van der Waals surface area contributed by atoms with Crippen molar-refractivity contribution in [2.75, 3.05) is 0 Å². The van der Waals surface area contributed by atoms with Gasteiger partial charge in [-0.25, -0.2) is 9.97 Å². The smallest absolute Gasteiger partial charge is 0.235 e. The predicted octanol–water partition coefficient (Wildman–Crippen LogP) is 4.86. The Kier molecular flexibility index (Phi) is 3.60. The number of hydrogen-bond acceptors (Lipinski definition) is 3. The highest BCUT2D eigenvalue weighted by atomic mass is 32.2. The summed E-state index contributed by atoms with van der Waals surface area (Å²) in [7, 11) is 0. The van der Waals surface area contributed by atoms with Crippen LogP contribution >= 0.6 is 11.8 Å². The molecule has 0 radical (unpaired) electrons. The summed E-state index contributed by atoms with van der Waals surface area (Å²) in [5.41, 5.74) is 3.33. The first kappa shape index (κ1) is 14.0. The van der Waals surface area contributed by atoms with E-state index in [1.807, 2.05) is 34.9 Å². The van der Waals surface area contributed by atoms with Crippen molar-refractivity contribution in [2.24, 2.45) is 0 Å². The van der Waals surface area contributed by atoms with Crippen molar-refractivity contribution in [2.45, 2.75) is 16.8 Å². The molecule has 0 unspecified atom stereocenters. The molecule has 0 bridgehead atoms. The minimum atomic E-state index is 0.723. The van der Waals surface area contributed by atoms with Crippen molar-refractivity contribution >= 4 is 17.5 Å². The molecule has 0 amide bonds. The monoisotopic (exact) mass is 317 g/mol. The van der Waals surface area contributed by atoms with Gasteiger partial charge in [-0.1, -0.05) is 59.8 Å². The zero-order valence-electron chi connectivity index (χ0n) is 12.7. The second-order valence-electron chi connectivity index (χ2n) is 5.34. The van der Waals surface area contributed by atoms with Crippen LogP contribution in [-0.2, 0) is 0 Å². The second kappa shape index (κ2) is 5.89. The van der Waals surface area contributed by atoms with Crippen LogP contribution in [0.3, 0.4) is 0 Å². The van der Waals surface area contributed by atoms with Gasteiger partial charge >= 0.3 is 0 Å². The van der Waals surface area contributed by atoms with Crippen LogP contribution in [0.5, 0.6) is 0 Å². The van der Waals surface area contributed by atoms with Gasteiger partial charge in [0, 0.05) is 22.9 Å². The van der Waals surface area contributed by atoms with Gasteiger partial charge in [-0.3, -0.25) is 4.40 Å². The lowest BCUT2D eigenvalue weighted by Crippen LogP contribution is -1.88. The lowest BCUT2D eigenvalue weighted by atomic mass is 10.2. The Morgan fingerprint density at radius 3 is 2.48 bits per heavy atom. The zero-order valence-corrected chi connectivity index (χ0v) is 13.5. The van der Waals surface area contributed by atoms with E-state index >= 15 is 0 Å². The van der Waals surface area contributed by atoms with Crippen LogP contribution in [0.2, 0.25) is 0 Å². The number of rotatable bonds is 3. The standard InChI is InChI=1S/C19H15N3S/c1-14-8-10-16(11-9-14)23-18-17(15-6-3-2-4-7-15)21-19-20-12-5-13-22(18)19/h2-13H,1H3. The van der Waals surface area contributed by atoms with E-state index in [2.05, 4.69) is 48.3 Å². The maximum atomic E-state index is 4.73. The lowest BCUT2D eigenvalue weighted by molar-refractivity contribution is 1.01. The Bertz CT molecular complexity index is 943. The number of nitrogens with zero attached hydrogens (tertiary/aromatic N) is 3.